The van der Waals surface area contributed by atoms with E-state index in [2.05, 4.69) is 25.2 Å². The maximum atomic E-state index is 12.1. The van der Waals surface area contributed by atoms with Crippen LogP contribution in [-0.2, 0) is 11.3 Å². The van der Waals surface area contributed by atoms with Crippen LogP contribution in [0, 0.1) is 5.92 Å². The van der Waals surface area contributed by atoms with Crippen molar-refractivity contribution in [3.63, 3.8) is 0 Å². The predicted octanol–water partition coefficient (Wildman–Crippen LogP) is 1.07. The predicted molar refractivity (Wildman–Crippen MR) is 74.7 cm³/mol. The van der Waals surface area contributed by atoms with Gasteiger partial charge < -0.3 is 10.2 Å². The second-order valence-electron chi connectivity index (χ2n) is 5.36. The fourth-order valence-corrected chi connectivity index (χ4v) is 3.14. The molecule has 1 aromatic rings. The van der Waals surface area contributed by atoms with Gasteiger partial charge in [-0.2, -0.15) is 0 Å². The largest absolute Gasteiger partial charge is 0.346 e. The van der Waals surface area contributed by atoms with Crippen LogP contribution in [0.25, 0.3) is 0 Å². The maximum Gasteiger partial charge on any atom is 0.278 e. The van der Waals surface area contributed by atoms with Gasteiger partial charge in [-0.15, -0.1) is 11.3 Å². The Labute approximate surface area is 113 Å². The van der Waals surface area contributed by atoms with E-state index in [4.69, 9.17) is 0 Å². The van der Waals surface area contributed by atoms with Gasteiger partial charge in [0.1, 0.15) is 0 Å². The number of likely N-dealkylation sites (tertiary alicyclic amines) is 1. The number of quaternary nitrogens is 1. The highest BCUT2D eigenvalue weighted by atomic mass is 32.1. The Kier molecular flexibility index (Phi) is 4.78. The van der Waals surface area contributed by atoms with E-state index in [1.54, 1.807) is 11.3 Å². The molecule has 1 atom stereocenters. The molecule has 3 nitrogen and oxygen atoms in total. The monoisotopic (exact) mass is 267 g/mol. The second-order valence-corrected chi connectivity index (χ2v) is 6.39. The molecule has 0 saturated carbocycles. The number of hydrogen-bond acceptors (Lipinski definition) is 2. The van der Waals surface area contributed by atoms with Crippen LogP contribution in [0.2, 0.25) is 0 Å². The number of hydrogen-bond donors (Lipinski definition) is 2. The number of piperidine rings is 1. The molecule has 0 unspecified atom stereocenters. The van der Waals surface area contributed by atoms with Crippen LogP contribution in [0.4, 0.5) is 0 Å². The lowest BCUT2D eigenvalue weighted by Gasteiger charge is -2.31. The van der Waals surface area contributed by atoms with Crippen LogP contribution in [0.3, 0.4) is 0 Å². The molecule has 2 heterocycles. The fraction of sp³-hybridized carbons (Fsp3) is 0.643. The van der Waals surface area contributed by atoms with E-state index in [0.717, 1.165) is 19.0 Å². The summed E-state index contributed by atoms with van der Waals surface area (Å²) in [5, 5.41) is 5.09. The van der Waals surface area contributed by atoms with Crippen molar-refractivity contribution in [2.24, 2.45) is 5.92 Å². The lowest BCUT2D eigenvalue weighted by Crippen LogP contribution is -3.17. The Bertz CT molecular complexity index is 369. The Morgan fingerprint density at radius 3 is 2.89 bits per heavy atom. The molecule has 0 aliphatic carbocycles. The highest BCUT2D eigenvalue weighted by Crippen LogP contribution is 2.08. The maximum absolute atomic E-state index is 12.1. The van der Waals surface area contributed by atoms with Gasteiger partial charge in [0.05, 0.1) is 19.6 Å². The van der Waals surface area contributed by atoms with Crippen LogP contribution < -0.4 is 10.2 Å². The molecule has 1 aromatic heterocycles. The standard InChI is InChI=1S/C14H22N2OS/c1-11-5-7-16(8-6-11)12(2)14(17)15-10-13-4-3-9-18-13/h3-4,9,11-12H,5-8,10H2,1-2H3,(H,15,17)/p+1/t12-/m1/s1. The molecule has 1 fully saturated rings. The smallest absolute Gasteiger partial charge is 0.278 e. The summed E-state index contributed by atoms with van der Waals surface area (Å²) in [6.07, 6.45) is 2.50. The highest BCUT2D eigenvalue weighted by molar-refractivity contribution is 7.09. The van der Waals surface area contributed by atoms with Crippen LogP contribution in [0.15, 0.2) is 17.5 Å². The summed E-state index contributed by atoms with van der Waals surface area (Å²) in [4.78, 5) is 14.8. The first-order chi connectivity index (χ1) is 8.66. The van der Waals surface area contributed by atoms with Gasteiger partial charge in [0.15, 0.2) is 6.04 Å². The highest BCUT2D eigenvalue weighted by Gasteiger charge is 2.28. The van der Waals surface area contributed by atoms with E-state index >= 15 is 0 Å². The molecule has 0 bridgehead atoms. The van der Waals surface area contributed by atoms with Crippen molar-refractivity contribution in [2.75, 3.05) is 13.1 Å². The first-order valence-electron chi connectivity index (χ1n) is 6.81. The third kappa shape index (κ3) is 3.56. The Morgan fingerprint density at radius 2 is 2.28 bits per heavy atom. The lowest BCUT2D eigenvalue weighted by molar-refractivity contribution is -0.920. The van der Waals surface area contributed by atoms with Crippen LogP contribution >= 0.6 is 11.3 Å². The molecule has 0 radical (unpaired) electrons. The minimum absolute atomic E-state index is 0.0810. The normalized spacial score (nSPS) is 25.7. The summed E-state index contributed by atoms with van der Waals surface area (Å²) >= 11 is 1.69. The first-order valence-corrected chi connectivity index (χ1v) is 7.69. The van der Waals surface area contributed by atoms with Gasteiger partial charge >= 0.3 is 0 Å². The summed E-state index contributed by atoms with van der Waals surface area (Å²) in [6, 6.07) is 4.16. The van der Waals surface area contributed by atoms with Crippen molar-refractivity contribution >= 4 is 17.2 Å². The van der Waals surface area contributed by atoms with E-state index < -0.39 is 0 Å². The summed E-state index contributed by atoms with van der Waals surface area (Å²) < 4.78 is 0. The molecule has 1 amide bonds. The van der Waals surface area contributed by atoms with Crippen LogP contribution in [0.5, 0.6) is 0 Å². The van der Waals surface area contributed by atoms with Crippen molar-refractivity contribution in [3.05, 3.63) is 22.4 Å². The minimum Gasteiger partial charge on any atom is -0.346 e. The zero-order valence-corrected chi connectivity index (χ0v) is 12.1. The molecule has 2 rings (SSSR count). The van der Waals surface area contributed by atoms with E-state index in [9.17, 15) is 4.79 Å². The SMILES string of the molecule is CC1CC[NH+]([C@H](C)C(=O)NCc2cccs2)CC1. The number of nitrogens with one attached hydrogen (secondary N) is 2. The van der Waals surface area contributed by atoms with E-state index in [0.29, 0.717) is 6.54 Å². The number of rotatable bonds is 4. The van der Waals surface area contributed by atoms with Gasteiger partial charge in [0.25, 0.3) is 5.91 Å². The molecular weight excluding hydrogens is 244 g/mol. The van der Waals surface area contributed by atoms with Crippen LogP contribution in [-0.4, -0.2) is 25.0 Å². The number of carbonyl (C=O) groups is 1. The van der Waals surface area contributed by atoms with Crippen molar-refractivity contribution in [3.8, 4) is 0 Å². The van der Waals surface area contributed by atoms with Crippen molar-refractivity contribution in [2.45, 2.75) is 39.3 Å². The zero-order chi connectivity index (χ0) is 13.0. The van der Waals surface area contributed by atoms with E-state index in [1.807, 2.05) is 11.4 Å². The Balaban J connectivity index is 1.77. The molecular formula is C14H23N2OS+. The Morgan fingerprint density at radius 1 is 1.56 bits per heavy atom. The van der Waals surface area contributed by atoms with E-state index in [1.165, 1.54) is 22.6 Å². The van der Waals surface area contributed by atoms with Crippen molar-refractivity contribution in [1.82, 2.24) is 5.32 Å². The van der Waals surface area contributed by atoms with Gasteiger partial charge in [-0.25, -0.2) is 0 Å². The molecule has 1 saturated heterocycles. The molecule has 1 aliphatic heterocycles. The third-order valence-corrected chi connectivity index (χ3v) is 4.82. The average molecular weight is 267 g/mol. The number of amides is 1. The first kappa shape index (κ1) is 13.6. The fourth-order valence-electron chi connectivity index (χ4n) is 2.49. The lowest BCUT2D eigenvalue weighted by atomic mass is 9.98. The zero-order valence-electron chi connectivity index (χ0n) is 11.2. The quantitative estimate of drug-likeness (QED) is 0.840. The van der Waals surface area contributed by atoms with Gasteiger partial charge in [0.2, 0.25) is 0 Å². The molecule has 4 heteroatoms. The summed E-state index contributed by atoms with van der Waals surface area (Å²) in [5.41, 5.74) is 0. The molecule has 18 heavy (non-hydrogen) atoms. The Hall–Kier alpha value is -0.870. The second kappa shape index (κ2) is 6.34. The minimum atomic E-state index is 0.0810. The molecule has 0 aromatic carbocycles. The van der Waals surface area contributed by atoms with Gasteiger partial charge in [-0.3, -0.25) is 4.79 Å². The summed E-state index contributed by atoms with van der Waals surface area (Å²) in [7, 11) is 0. The summed E-state index contributed by atoms with van der Waals surface area (Å²) in [6.45, 7) is 7.29. The van der Waals surface area contributed by atoms with Gasteiger partial charge in [-0.1, -0.05) is 13.0 Å². The third-order valence-electron chi connectivity index (χ3n) is 3.94. The van der Waals surface area contributed by atoms with Crippen molar-refractivity contribution < 1.29 is 9.69 Å². The number of thiophene rings is 1. The van der Waals surface area contributed by atoms with Gasteiger partial charge in [0, 0.05) is 4.88 Å². The topological polar surface area (TPSA) is 33.5 Å². The molecule has 0 spiro atoms. The average Bonchev–Trinajstić information content (AvgIpc) is 2.89. The van der Waals surface area contributed by atoms with Crippen LogP contribution in [0.1, 0.15) is 31.6 Å². The molecule has 1 aliphatic rings. The van der Waals surface area contributed by atoms with Gasteiger partial charge in [-0.05, 0) is 37.1 Å². The summed E-state index contributed by atoms with van der Waals surface area (Å²) in [5.74, 6) is 1.02. The molecule has 2 N–H and O–H groups in total. The van der Waals surface area contributed by atoms with E-state index in [-0.39, 0.29) is 11.9 Å². The number of carbonyl (C=O) groups excluding carboxylic acids is 1. The molecule has 100 valence electrons. The van der Waals surface area contributed by atoms with Crippen molar-refractivity contribution in [1.29, 1.82) is 0 Å².